The van der Waals surface area contributed by atoms with Gasteiger partial charge in [0.15, 0.2) is 5.76 Å². The van der Waals surface area contributed by atoms with Crippen LogP contribution in [0.15, 0.2) is 94.4 Å². The van der Waals surface area contributed by atoms with E-state index in [0.29, 0.717) is 22.4 Å². The lowest BCUT2D eigenvalue weighted by molar-refractivity contribution is 0.219. The second kappa shape index (κ2) is 11.2. The first-order chi connectivity index (χ1) is 17.3. The van der Waals surface area contributed by atoms with Crippen LogP contribution in [0.3, 0.4) is 0 Å². The topological polar surface area (TPSA) is 108 Å². The van der Waals surface area contributed by atoms with Crippen molar-refractivity contribution >= 4 is 23.3 Å². The van der Waals surface area contributed by atoms with Gasteiger partial charge in [0.2, 0.25) is 10.9 Å². The Morgan fingerprint density at radius 1 is 0.833 bits per heavy atom. The molecule has 1 heterocycles. The smallest absolute Gasteiger partial charge is 0.335 e. The van der Waals surface area contributed by atoms with Crippen molar-refractivity contribution in [1.29, 1.82) is 0 Å². The lowest BCUT2D eigenvalue weighted by Gasteiger charge is -2.17. The number of hydrogen-bond donors (Lipinski definition) is 1. The van der Waals surface area contributed by atoms with E-state index in [4.69, 9.17) is 13.5 Å². The summed E-state index contributed by atoms with van der Waals surface area (Å²) in [5, 5.41) is -0.214. The van der Waals surface area contributed by atoms with Gasteiger partial charge in [-0.15, -0.1) is 0 Å². The summed E-state index contributed by atoms with van der Waals surface area (Å²) in [7, 11) is -7.38. The van der Waals surface area contributed by atoms with Crippen LogP contribution < -0.4 is 4.72 Å². The third-order valence-electron chi connectivity index (χ3n) is 5.14. The minimum atomic E-state index is -4.10. The first kappa shape index (κ1) is 25.9. The van der Waals surface area contributed by atoms with Gasteiger partial charge < -0.3 is 13.5 Å². The van der Waals surface area contributed by atoms with Crippen LogP contribution in [-0.4, -0.2) is 26.6 Å². The summed E-state index contributed by atoms with van der Waals surface area (Å²) in [5.41, 5.74) is 2.27. The second-order valence-corrected chi connectivity index (χ2v) is 11.4. The highest BCUT2D eigenvalue weighted by atomic mass is 32.2. The summed E-state index contributed by atoms with van der Waals surface area (Å²) in [6.45, 7) is 4.03. The normalized spacial score (nSPS) is 11.9. The first-order valence-corrected chi connectivity index (χ1v) is 14.7. The van der Waals surface area contributed by atoms with E-state index in [2.05, 4.69) is 9.71 Å². The molecule has 1 aromatic heterocycles. The van der Waals surface area contributed by atoms with Crippen molar-refractivity contribution in [3.63, 3.8) is 0 Å². The molecule has 8 nitrogen and oxygen atoms in total. The van der Waals surface area contributed by atoms with Crippen LogP contribution in [0.4, 0.5) is 5.69 Å². The number of benzene rings is 3. The van der Waals surface area contributed by atoms with Gasteiger partial charge in [0.1, 0.15) is 0 Å². The highest BCUT2D eigenvalue weighted by Crippen LogP contribution is 2.51. The predicted molar refractivity (Wildman–Crippen MR) is 139 cm³/mol. The van der Waals surface area contributed by atoms with Gasteiger partial charge in [-0.3, -0.25) is 9.29 Å². The summed E-state index contributed by atoms with van der Waals surface area (Å²) < 4.78 is 58.8. The lowest BCUT2D eigenvalue weighted by Crippen LogP contribution is -2.14. The predicted octanol–water partition coefficient (Wildman–Crippen LogP) is 6.58. The SMILES string of the molecule is CCOP(=O)(Cc1ccc(NS(=O)(=O)c2nc(-c3ccccc3)oc2-c2ccccc2)cc1)OCC. The molecule has 1 N–H and O–H groups in total. The highest BCUT2D eigenvalue weighted by molar-refractivity contribution is 7.92. The molecule has 0 unspecified atom stereocenters. The molecule has 3 aromatic carbocycles. The van der Waals surface area contributed by atoms with E-state index in [1.165, 1.54) is 0 Å². The summed E-state index contributed by atoms with van der Waals surface area (Å²) >= 11 is 0. The second-order valence-electron chi connectivity index (χ2n) is 7.79. The van der Waals surface area contributed by atoms with E-state index in [0.717, 1.165) is 0 Å². The molecule has 36 heavy (non-hydrogen) atoms. The molecule has 4 aromatic rings. The quantitative estimate of drug-likeness (QED) is 0.220. The highest BCUT2D eigenvalue weighted by Gasteiger charge is 2.28. The van der Waals surface area contributed by atoms with Gasteiger partial charge in [0, 0.05) is 16.8 Å². The van der Waals surface area contributed by atoms with Crippen molar-refractivity contribution in [2.24, 2.45) is 0 Å². The van der Waals surface area contributed by atoms with Crippen LogP contribution in [0.25, 0.3) is 22.8 Å². The zero-order valence-corrected chi connectivity index (χ0v) is 21.7. The number of oxazole rings is 1. The van der Waals surface area contributed by atoms with Crippen molar-refractivity contribution in [2.45, 2.75) is 25.0 Å². The molecule has 0 radical (unpaired) electrons. The molecule has 0 saturated heterocycles. The molecule has 0 aliphatic carbocycles. The number of aromatic nitrogens is 1. The van der Waals surface area contributed by atoms with Gasteiger partial charge in [-0.2, -0.15) is 13.4 Å². The summed E-state index contributed by atoms with van der Waals surface area (Å²) in [6.07, 6.45) is 0.0869. The fraction of sp³-hybridized carbons (Fsp3) is 0.192. The molecule has 0 bridgehead atoms. The van der Waals surface area contributed by atoms with Crippen LogP contribution in [0.1, 0.15) is 19.4 Å². The Morgan fingerprint density at radius 3 is 1.94 bits per heavy atom. The van der Waals surface area contributed by atoms with Crippen molar-refractivity contribution in [3.8, 4) is 22.8 Å². The molecule has 0 amide bonds. The molecule has 4 rings (SSSR count). The van der Waals surface area contributed by atoms with E-state index in [1.54, 1.807) is 74.5 Å². The Bertz CT molecular complexity index is 1430. The maximum absolute atomic E-state index is 13.4. The molecular weight excluding hydrogens is 499 g/mol. The molecule has 0 atom stereocenters. The number of nitrogens with one attached hydrogen (secondary N) is 1. The van der Waals surface area contributed by atoms with E-state index in [9.17, 15) is 13.0 Å². The molecule has 0 aliphatic heterocycles. The van der Waals surface area contributed by atoms with E-state index in [1.807, 2.05) is 24.3 Å². The number of hydrogen-bond acceptors (Lipinski definition) is 7. The standard InChI is InChI=1S/C26H27N2O6PS/c1-3-32-35(29,33-4-2)19-20-15-17-23(18-16-20)28-36(30,31)26-24(21-11-7-5-8-12-21)34-25(27-26)22-13-9-6-10-14-22/h5-18,28H,3-4,19H2,1-2H3. The van der Waals surface area contributed by atoms with E-state index < -0.39 is 17.6 Å². The molecular formula is C26H27N2O6PS. The maximum Gasteiger partial charge on any atom is 0.335 e. The van der Waals surface area contributed by atoms with Crippen LogP contribution >= 0.6 is 7.60 Å². The number of nitrogens with zero attached hydrogens (tertiary/aromatic N) is 1. The fourth-order valence-electron chi connectivity index (χ4n) is 3.59. The Hall–Kier alpha value is -3.23. The van der Waals surface area contributed by atoms with Crippen molar-refractivity contribution in [1.82, 2.24) is 4.98 Å². The van der Waals surface area contributed by atoms with Crippen LogP contribution in [0.5, 0.6) is 0 Å². The minimum Gasteiger partial charge on any atom is -0.435 e. The molecule has 0 fully saturated rings. The van der Waals surface area contributed by atoms with Crippen molar-refractivity contribution in [2.75, 3.05) is 17.9 Å². The van der Waals surface area contributed by atoms with Gasteiger partial charge in [0.05, 0.1) is 19.4 Å². The lowest BCUT2D eigenvalue weighted by atomic mass is 10.2. The van der Waals surface area contributed by atoms with Gasteiger partial charge in [-0.1, -0.05) is 60.7 Å². The molecule has 0 saturated carbocycles. The molecule has 0 spiro atoms. The zero-order valence-electron chi connectivity index (χ0n) is 20.0. The number of anilines is 1. The monoisotopic (exact) mass is 526 g/mol. The average Bonchev–Trinajstić information content (AvgIpc) is 3.33. The summed E-state index contributed by atoms with van der Waals surface area (Å²) in [4.78, 5) is 4.34. The molecule has 188 valence electrons. The zero-order chi connectivity index (χ0) is 25.6. The Balaban J connectivity index is 1.63. The Morgan fingerprint density at radius 2 is 1.39 bits per heavy atom. The summed E-state index contributed by atoms with van der Waals surface area (Å²) in [5.74, 6) is 0.348. The van der Waals surface area contributed by atoms with Crippen LogP contribution in [0.2, 0.25) is 0 Å². The molecule has 0 aliphatic rings. The van der Waals surface area contributed by atoms with Gasteiger partial charge >= 0.3 is 7.60 Å². The summed E-state index contributed by atoms with van der Waals surface area (Å²) in [6, 6.07) is 24.6. The van der Waals surface area contributed by atoms with Crippen LogP contribution in [-0.2, 0) is 29.8 Å². The molecule has 10 heteroatoms. The Kier molecular flexibility index (Phi) is 8.06. The number of rotatable bonds is 11. The third kappa shape index (κ3) is 6.12. The van der Waals surface area contributed by atoms with Gasteiger partial charge in [-0.25, -0.2) is 0 Å². The average molecular weight is 527 g/mol. The minimum absolute atomic E-state index is 0.0869. The largest absolute Gasteiger partial charge is 0.435 e. The first-order valence-electron chi connectivity index (χ1n) is 11.4. The third-order valence-corrected chi connectivity index (χ3v) is 8.49. The van der Waals surface area contributed by atoms with E-state index >= 15 is 0 Å². The van der Waals surface area contributed by atoms with Crippen LogP contribution in [0, 0.1) is 0 Å². The van der Waals surface area contributed by atoms with Gasteiger partial charge in [-0.05, 0) is 43.7 Å². The van der Waals surface area contributed by atoms with Crippen molar-refractivity contribution in [3.05, 3.63) is 90.5 Å². The van der Waals surface area contributed by atoms with Gasteiger partial charge in [0.25, 0.3) is 10.0 Å². The maximum atomic E-state index is 13.4. The fourth-order valence-corrected chi connectivity index (χ4v) is 6.44. The van der Waals surface area contributed by atoms with E-state index in [-0.39, 0.29) is 36.1 Å². The Labute approximate surface area is 210 Å². The van der Waals surface area contributed by atoms with Crippen molar-refractivity contribution < 1.29 is 26.4 Å². The number of sulfonamides is 1.